The average molecular weight is 404 g/mol. The molecule has 0 aliphatic heterocycles. The van der Waals surface area contributed by atoms with Crippen molar-refractivity contribution in [3.8, 4) is 5.69 Å². The molecule has 0 bridgehead atoms. The molecule has 0 saturated carbocycles. The molecule has 4 rings (SSSR count). The van der Waals surface area contributed by atoms with Crippen molar-refractivity contribution in [1.29, 1.82) is 0 Å². The predicted molar refractivity (Wildman–Crippen MR) is 116 cm³/mol. The molecule has 2 aromatic heterocycles. The van der Waals surface area contributed by atoms with Gasteiger partial charge in [0.15, 0.2) is 0 Å². The van der Waals surface area contributed by atoms with Crippen LogP contribution in [0.3, 0.4) is 0 Å². The fourth-order valence-electron chi connectivity index (χ4n) is 3.06. The molecule has 0 spiro atoms. The van der Waals surface area contributed by atoms with E-state index in [0.717, 1.165) is 21.6 Å². The second-order valence-corrected chi connectivity index (χ2v) is 7.58. The van der Waals surface area contributed by atoms with E-state index in [2.05, 4.69) is 15.7 Å². The van der Waals surface area contributed by atoms with E-state index in [0.29, 0.717) is 22.7 Å². The van der Waals surface area contributed by atoms with Crippen LogP contribution in [-0.4, -0.2) is 28.1 Å². The van der Waals surface area contributed by atoms with Gasteiger partial charge in [-0.15, -0.1) is 11.3 Å². The van der Waals surface area contributed by atoms with E-state index in [4.69, 9.17) is 0 Å². The molecule has 146 valence electrons. The summed E-state index contributed by atoms with van der Waals surface area (Å²) in [4.78, 5) is 26.1. The highest BCUT2D eigenvalue weighted by atomic mass is 32.1. The van der Waals surface area contributed by atoms with Gasteiger partial charge in [-0.3, -0.25) is 9.59 Å². The highest BCUT2D eigenvalue weighted by Crippen LogP contribution is 2.30. The maximum absolute atomic E-state index is 12.8. The topological polar surface area (TPSA) is 76.0 Å². The number of nitrogens with one attached hydrogen (secondary N) is 2. The Morgan fingerprint density at radius 3 is 2.45 bits per heavy atom. The Bertz CT molecular complexity index is 1180. The van der Waals surface area contributed by atoms with Crippen LogP contribution in [0, 0.1) is 6.92 Å². The summed E-state index contributed by atoms with van der Waals surface area (Å²) in [5.74, 6) is -0.313. The monoisotopic (exact) mass is 404 g/mol. The summed E-state index contributed by atoms with van der Waals surface area (Å²) in [6.45, 7) is 4.38. The molecule has 0 saturated heterocycles. The lowest BCUT2D eigenvalue weighted by Gasteiger charge is -2.06. The van der Waals surface area contributed by atoms with Crippen LogP contribution in [0.15, 0.2) is 60.7 Å². The van der Waals surface area contributed by atoms with Crippen LogP contribution in [0.4, 0.5) is 5.69 Å². The number of rotatable bonds is 5. The van der Waals surface area contributed by atoms with Crippen molar-refractivity contribution in [2.24, 2.45) is 0 Å². The van der Waals surface area contributed by atoms with E-state index >= 15 is 0 Å². The summed E-state index contributed by atoms with van der Waals surface area (Å²) < 4.78 is 1.87. The Kier molecular flexibility index (Phi) is 5.14. The Morgan fingerprint density at radius 1 is 1.03 bits per heavy atom. The Labute approximate surface area is 172 Å². The van der Waals surface area contributed by atoms with Crippen LogP contribution in [0.1, 0.15) is 32.6 Å². The van der Waals surface area contributed by atoms with Crippen molar-refractivity contribution in [2.45, 2.75) is 13.8 Å². The Hall–Kier alpha value is -3.45. The molecular weight excluding hydrogens is 384 g/mol. The highest BCUT2D eigenvalue weighted by Gasteiger charge is 2.17. The van der Waals surface area contributed by atoms with Crippen LogP contribution < -0.4 is 10.6 Å². The van der Waals surface area contributed by atoms with Gasteiger partial charge in [0.25, 0.3) is 11.8 Å². The molecule has 4 aromatic rings. The van der Waals surface area contributed by atoms with Crippen LogP contribution >= 0.6 is 11.3 Å². The lowest BCUT2D eigenvalue weighted by atomic mass is 10.2. The van der Waals surface area contributed by atoms with Crippen LogP contribution in [0.5, 0.6) is 0 Å². The van der Waals surface area contributed by atoms with E-state index in [9.17, 15) is 9.59 Å². The molecule has 0 aliphatic rings. The van der Waals surface area contributed by atoms with E-state index in [-0.39, 0.29) is 11.8 Å². The number of para-hydroxylation sites is 1. The molecule has 29 heavy (non-hydrogen) atoms. The van der Waals surface area contributed by atoms with Gasteiger partial charge in [0, 0.05) is 23.2 Å². The number of fused-ring (bicyclic) bond motifs is 1. The highest BCUT2D eigenvalue weighted by molar-refractivity contribution is 7.20. The third kappa shape index (κ3) is 3.77. The van der Waals surface area contributed by atoms with Crippen molar-refractivity contribution < 1.29 is 9.59 Å². The molecule has 0 fully saturated rings. The Morgan fingerprint density at radius 2 is 1.76 bits per heavy atom. The number of benzene rings is 2. The van der Waals surface area contributed by atoms with Crippen molar-refractivity contribution in [1.82, 2.24) is 15.1 Å². The minimum atomic E-state index is -0.184. The number of aromatic nitrogens is 2. The first kappa shape index (κ1) is 18.9. The maximum atomic E-state index is 12.8. The summed E-state index contributed by atoms with van der Waals surface area (Å²) >= 11 is 1.41. The van der Waals surface area contributed by atoms with Gasteiger partial charge in [-0.25, -0.2) is 4.68 Å². The van der Waals surface area contributed by atoms with Gasteiger partial charge in [-0.1, -0.05) is 18.2 Å². The van der Waals surface area contributed by atoms with Gasteiger partial charge in [0.05, 0.1) is 16.3 Å². The van der Waals surface area contributed by atoms with Crippen molar-refractivity contribution in [2.75, 3.05) is 11.9 Å². The zero-order chi connectivity index (χ0) is 20.4. The molecule has 0 aliphatic carbocycles. The van der Waals surface area contributed by atoms with Crippen molar-refractivity contribution in [3.05, 3.63) is 76.8 Å². The van der Waals surface area contributed by atoms with E-state index in [1.165, 1.54) is 11.3 Å². The number of carbonyl (C=O) groups excluding carboxylic acids is 2. The molecular formula is C22H20N4O2S. The number of hydrogen-bond acceptors (Lipinski definition) is 4. The van der Waals surface area contributed by atoms with E-state index in [1.54, 1.807) is 24.3 Å². The Balaban J connectivity index is 1.57. The number of nitrogens with zero attached hydrogens (tertiary/aromatic N) is 2. The smallest absolute Gasteiger partial charge is 0.265 e. The first-order valence-electron chi connectivity index (χ1n) is 9.31. The van der Waals surface area contributed by atoms with E-state index < -0.39 is 0 Å². The van der Waals surface area contributed by atoms with E-state index in [1.807, 2.05) is 54.9 Å². The third-order valence-electron chi connectivity index (χ3n) is 4.51. The number of aryl methyl sites for hydroxylation is 1. The summed E-state index contributed by atoms with van der Waals surface area (Å²) in [7, 11) is 0. The zero-order valence-corrected chi connectivity index (χ0v) is 16.9. The summed E-state index contributed by atoms with van der Waals surface area (Å²) in [5.41, 5.74) is 3.04. The largest absolute Gasteiger partial charge is 0.352 e. The van der Waals surface area contributed by atoms with Crippen molar-refractivity contribution >= 4 is 39.1 Å². The van der Waals surface area contributed by atoms with Gasteiger partial charge in [-0.05, 0) is 56.3 Å². The van der Waals surface area contributed by atoms with Gasteiger partial charge in [0.2, 0.25) is 0 Å². The minimum Gasteiger partial charge on any atom is -0.352 e. The fourth-order valence-corrected chi connectivity index (χ4v) is 4.14. The molecule has 2 heterocycles. The van der Waals surface area contributed by atoms with Gasteiger partial charge < -0.3 is 10.6 Å². The fraction of sp³-hybridized carbons (Fsp3) is 0.136. The van der Waals surface area contributed by atoms with Gasteiger partial charge >= 0.3 is 0 Å². The first-order chi connectivity index (χ1) is 14.1. The summed E-state index contributed by atoms with van der Waals surface area (Å²) in [5, 5.41) is 11.2. The molecule has 7 heteroatoms. The number of hydrogen-bond donors (Lipinski definition) is 2. The number of carbonyl (C=O) groups is 2. The molecule has 6 nitrogen and oxygen atoms in total. The minimum absolute atomic E-state index is 0.129. The molecule has 0 radical (unpaired) electrons. The van der Waals surface area contributed by atoms with Gasteiger partial charge in [-0.2, -0.15) is 5.10 Å². The van der Waals surface area contributed by atoms with Crippen LogP contribution in [-0.2, 0) is 0 Å². The maximum Gasteiger partial charge on any atom is 0.265 e. The number of anilines is 1. The summed E-state index contributed by atoms with van der Waals surface area (Å²) in [6.07, 6.45) is 0. The molecule has 0 atom stereocenters. The second-order valence-electron chi connectivity index (χ2n) is 6.55. The van der Waals surface area contributed by atoms with Crippen LogP contribution in [0.2, 0.25) is 0 Å². The third-order valence-corrected chi connectivity index (χ3v) is 5.62. The van der Waals surface area contributed by atoms with Crippen LogP contribution in [0.25, 0.3) is 15.9 Å². The lowest BCUT2D eigenvalue weighted by Crippen LogP contribution is -2.22. The summed E-state index contributed by atoms with van der Waals surface area (Å²) in [6, 6.07) is 18.6. The second kappa shape index (κ2) is 7.89. The molecule has 2 amide bonds. The number of amides is 2. The van der Waals surface area contributed by atoms with Crippen molar-refractivity contribution in [3.63, 3.8) is 0 Å². The first-order valence-corrected chi connectivity index (χ1v) is 10.1. The predicted octanol–water partition coefficient (Wildman–Crippen LogP) is 4.40. The lowest BCUT2D eigenvalue weighted by molar-refractivity contribution is 0.0955. The standard InChI is InChI=1S/C22H20N4O2S/c1-3-23-20(27)15-9-11-16(12-10-15)24-21(28)19-13-18-14(2)25-26(22(18)29-19)17-7-5-4-6-8-17/h4-13H,3H2,1-2H3,(H,23,27)(H,24,28). The molecule has 2 aromatic carbocycles. The normalized spacial score (nSPS) is 10.8. The molecule has 2 N–H and O–H groups in total. The zero-order valence-electron chi connectivity index (χ0n) is 16.1. The molecule has 0 unspecified atom stereocenters. The quantitative estimate of drug-likeness (QED) is 0.518. The SMILES string of the molecule is CCNC(=O)c1ccc(NC(=O)c2cc3c(C)nn(-c4ccccc4)c3s2)cc1. The van der Waals surface area contributed by atoms with Gasteiger partial charge in [0.1, 0.15) is 4.83 Å². The number of thiophene rings is 1. The average Bonchev–Trinajstić information content (AvgIpc) is 3.30.